The Hall–Kier alpha value is -1.27. The maximum Gasteiger partial charge on any atom is 0.323 e. The van der Waals surface area contributed by atoms with Gasteiger partial charge < -0.3 is 20.6 Å². The van der Waals surface area contributed by atoms with E-state index in [1.165, 1.54) is 12.8 Å². The molecule has 0 bridgehead atoms. The van der Waals surface area contributed by atoms with Gasteiger partial charge in [-0.25, -0.2) is 4.79 Å². The van der Waals surface area contributed by atoms with Gasteiger partial charge in [0.05, 0.1) is 16.7 Å². The van der Waals surface area contributed by atoms with Crippen molar-refractivity contribution in [1.82, 2.24) is 15.3 Å². The number of halogens is 1. The van der Waals surface area contributed by atoms with Gasteiger partial charge in [-0.1, -0.05) is 0 Å². The molecule has 0 unspecified atom stereocenters. The first kappa shape index (κ1) is 12.7. The van der Waals surface area contributed by atoms with Crippen molar-refractivity contribution in [2.45, 2.75) is 12.8 Å². The highest BCUT2D eigenvalue weighted by molar-refractivity contribution is 9.10. The van der Waals surface area contributed by atoms with Crippen molar-refractivity contribution in [3.8, 4) is 0 Å². The van der Waals surface area contributed by atoms with Crippen LogP contribution in [0.4, 0.5) is 5.69 Å². The second-order valence-corrected chi connectivity index (χ2v) is 5.89. The van der Waals surface area contributed by atoms with E-state index in [1.807, 2.05) is 12.1 Å². The van der Waals surface area contributed by atoms with E-state index in [1.54, 1.807) is 0 Å². The van der Waals surface area contributed by atoms with Crippen LogP contribution < -0.4 is 16.3 Å². The second kappa shape index (κ2) is 5.38. The maximum atomic E-state index is 11.3. The minimum Gasteiger partial charge on any atom is -0.384 e. The highest BCUT2D eigenvalue weighted by Gasteiger charge is 2.13. The smallest absolute Gasteiger partial charge is 0.323 e. The van der Waals surface area contributed by atoms with Crippen LogP contribution in [0.2, 0.25) is 0 Å². The summed E-state index contributed by atoms with van der Waals surface area (Å²) < 4.78 is 0.976. The predicted octanol–water partition coefficient (Wildman–Crippen LogP) is 2.03. The molecule has 1 aromatic carbocycles. The summed E-state index contributed by atoms with van der Waals surface area (Å²) in [6.07, 6.45) is 2.43. The normalized spacial score (nSPS) is 16.9. The number of fused-ring (bicyclic) bond motifs is 1. The molecule has 1 fully saturated rings. The van der Waals surface area contributed by atoms with Crippen LogP contribution >= 0.6 is 15.9 Å². The lowest BCUT2D eigenvalue weighted by molar-refractivity contribution is 0.390. The number of hydrogen-bond acceptors (Lipinski definition) is 3. The highest BCUT2D eigenvalue weighted by Crippen LogP contribution is 2.27. The summed E-state index contributed by atoms with van der Waals surface area (Å²) in [4.78, 5) is 16.8. The fourth-order valence-corrected chi connectivity index (χ4v) is 3.02. The average Bonchev–Trinajstić information content (AvgIpc) is 2.76. The third kappa shape index (κ3) is 2.84. The molecule has 0 spiro atoms. The fraction of sp³-hybridized carbons (Fsp3) is 0.462. The number of nitrogens with one attached hydrogen (secondary N) is 4. The van der Waals surface area contributed by atoms with Crippen LogP contribution in [0.5, 0.6) is 0 Å². The van der Waals surface area contributed by atoms with E-state index in [-0.39, 0.29) is 5.69 Å². The average molecular weight is 325 g/mol. The minimum atomic E-state index is -0.169. The van der Waals surface area contributed by atoms with Crippen LogP contribution in [-0.2, 0) is 0 Å². The van der Waals surface area contributed by atoms with Crippen LogP contribution in [0.25, 0.3) is 11.0 Å². The van der Waals surface area contributed by atoms with Crippen molar-refractivity contribution in [1.29, 1.82) is 0 Å². The number of aromatic nitrogens is 2. The molecular weight excluding hydrogens is 308 g/mol. The monoisotopic (exact) mass is 324 g/mol. The summed E-state index contributed by atoms with van der Waals surface area (Å²) in [5, 5.41) is 6.84. The number of benzene rings is 1. The molecule has 1 aromatic heterocycles. The van der Waals surface area contributed by atoms with E-state index in [4.69, 9.17) is 0 Å². The molecule has 4 N–H and O–H groups in total. The van der Waals surface area contributed by atoms with E-state index in [0.29, 0.717) is 5.92 Å². The number of aromatic amines is 2. The second-order valence-electron chi connectivity index (χ2n) is 5.03. The van der Waals surface area contributed by atoms with Gasteiger partial charge in [0.2, 0.25) is 0 Å². The van der Waals surface area contributed by atoms with E-state index in [0.717, 1.165) is 40.8 Å². The van der Waals surface area contributed by atoms with Gasteiger partial charge in [-0.05, 0) is 59.9 Å². The molecule has 0 atom stereocenters. The number of H-pyrrole nitrogens is 2. The Labute approximate surface area is 119 Å². The SMILES string of the molecule is O=c1[nH]c2cc(Br)c(NCC3CCNCC3)cc2[nH]1. The van der Waals surface area contributed by atoms with E-state index >= 15 is 0 Å². The molecule has 1 aliphatic heterocycles. The number of hydrogen-bond donors (Lipinski definition) is 4. The molecule has 2 heterocycles. The molecule has 0 saturated carbocycles. The van der Waals surface area contributed by atoms with Gasteiger partial charge in [0.15, 0.2) is 0 Å². The lowest BCUT2D eigenvalue weighted by Gasteiger charge is -2.23. The fourth-order valence-electron chi connectivity index (χ4n) is 2.53. The van der Waals surface area contributed by atoms with Gasteiger partial charge >= 0.3 is 5.69 Å². The molecular formula is C13H17BrN4O. The number of anilines is 1. The number of rotatable bonds is 3. The molecule has 0 aliphatic carbocycles. The maximum absolute atomic E-state index is 11.3. The Kier molecular flexibility index (Phi) is 3.61. The van der Waals surface area contributed by atoms with Crippen LogP contribution in [-0.4, -0.2) is 29.6 Å². The van der Waals surface area contributed by atoms with Gasteiger partial charge in [0.25, 0.3) is 0 Å². The molecule has 5 nitrogen and oxygen atoms in total. The van der Waals surface area contributed by atoms with Crippen molar-refractivity contribution < 1.29 is 0 Å². The molecule has 6 heteroatoms. The van der Waals surface area contributed by atoms with Crippen LogP contribution in [0.15, 0.2) is 21.4 Å². The molecule has 1 aliphatic rings. The third-order valence-corrected chi connectivity index (χ3v) is 4.30. The van der Waals surface area contributed by atoms with Gasteiger partial charge in [-0.2, -0.15) is 0 Å². The summed E-state index contributed by atoms with van der Waals surface area (Å²) in [5.74, 6) is 0.717. The van der Waals surface area contributed by atoms with Crippen molar-refractivity contribution in [2.75, 3.05) is 25.0 Å². The first-order valence-electron chi connectivity index (χ1n) is 6.58. The molecule has 2 aromatic rings. The van der Waals surface area contributed by atoms with Crippen molar-refractivity contribution in [2.24, 2.45) is 5.92 Å². The summed E-state index contributed by atoms with van der Waals surface area (Å²) in [6.45, 7) is 3.19. The van der Waals surface area contributed by atoms with Gasteiger partial charge in [0, 0.05) is 11.0 Å². The molecule has 0 amide bonds. The van der Waals surface area contributed by atoms with Gasteiger partial charge in [-0.3, -0.25) is 0 Å². The van der Waals surface area contributed by atoms with Crippen LogP contribution in [0.1, 0.15) is 12.8 Å². The first-order chi connectivity index (χ1) is 9.22. The minimum absolute atomic E-state index is 0.169. The lowest BCUT2D eigenvalue weighted by Crippen LogP contribution is -2.31. The first-order valence-corrected chi connectivity index (χ1v) is 7.38. The summed E-state index contributed by atoms with van der Waals surface area (Å²) in [6, 6.07) is 3.90. The van der Waals surface area contributed by atoms with Crippen LogP contribution in [0.3, 0.4) is 0 Å². The number of imidazole rings is 1. The Morgan fingerprint density at radius 3 is 2.63 bits per heavy atom. The lowest BCUT2D eigenvalue weighted by atomic mass is 9.98. The highest BCUT2D eigenvalue weighted by atomic mass is 79.9. The quantitative estimate of drug-likeness (QED) is 0.698. The van der Waals surface area contributed by atoms with Gasteiger partial charge in [0.1, 0.15) is 0 Å². The molecule has 0 radical (unpaired) electrons. The largest absolute Gasteiger partial charge is 0.384 e. The zero-order valence-corrected chi connectivity index (χ0v) is 12.1. The zero-order chi connectivity index (χ0) is 13.2. The van der Waals surface area contributed by atoms with E-state index in [2.05, 4.69) is 36.5 Å². The van der Waals surface area contributed by atoms with E-state index < -0.39 is 0 Å². The Morgan fingerprint density at radius 1 is 1.21 bits per heavy atom. The molecule has 102 valence electrons. The Bertz CT molecular complexity index is 627. The van der Waals surface area contributed by atoms with Crippen molar-refractivity contribution in [3.63, 3.8) is 0 Å². The third-order valence-electron chi connectivity index (χ3n) is 3.64. The zero-order valence-electron chi connectivity index (χ0n) is 10.6. The van der Waals surface area contributed by atoms with E-state index in [9.17, 15) is 4.79 Å². The molecule has 1 saturated heterocycles. The van der Waals surface area contributed by atoms with Crippen LogP contribution in [0, 0.1) is 5.92 Å². The number of piperidine rings is 1. The van der Waals surface area contributed by atoms with Crippen molar-refractivity contribution >= 4 is 32.7 Å². The Morgan fingerprint density at radius 2 is 1.89 bits per heavy atom. The summed E-state index contributed by atoms with van der Waals surface area (Å²) in [5.41, 5.74) is 2.52. The molecule has 19 heavy (non-hydrogen) atoms. The Balaban J connectivity index is 1.76. The van der Waals surface area contributed by atoms with Gasteiger partial charge in [-0.15, -0.1) is 0 Å². The topological polar surface area (TPSA) is 72.7 Å². The predicted molar refractivity (Wildman–Crippen MR) is 80.7 cm³/mol. The molecule has 3 rings (SSSR count). The standard InChI is InChI=1S/C13H17BrN4O/c14-9-5-11-12(18-13(19)17-11)6-10(9)16-7-8-1-3-15-4-2-8/h5-6,8,15-16H,1-4,7H2,(H2,17,18,19). The summed E-state index contributed by atoms with van der Waals surface area (Å²) >= 11 is 3.54. The summed E-state index contributed by atoms with van der Waals surface area (Å²) in [7, 11) is 0. The van der Waals surface area contributed by atoms with Crippen molar-refractivity contribution in [3.05, 3.63) is 27.1 Å².